The summed E-state index contributed by atoms with van der Waals surface area (Å²) in [7, 11) is 0. The van der Waals surface area contributed by atoms with Crippen LogP contribution in [0.2, 0.25) is 0 Å². The zero-order valence-corrected chi connectivity index (χ0v) is 22.8. The molecule has 2 fully saturated rings. The maximum absolute atomic E-state index is 15.1. The number of hydrogen-bond donors (Lipinski definition) is 2. The molecule has 0 spiro atoms. The number of nitrogens with zero attached hydrogens (tertiary/aromatic N) is 3. The maximum Gasteiger partial charge on any atom is 0.414 e. The van der Waals surface area contributed by atoms with Gasteiger partial charge in [-0.3, -0.25) is 14.5 Å². The molecule has 3 N–H and O–H groups in total. The van der Waals surface area contributed by atoms with Gasteiger partial charge < -0.3 is 25.6 Å². The van der Waals surface area contributed by atoms with Crippen molar-refractivity contribution in [3.05, 3.63) is 59.4 Å². The second kappa shape index (κ2) is 13.0. The summed E-state index contributed by atoms with van der Waals surface area (Å²) in [6.07, 6.45) is 0.0852. The number of carbonyl (C=O) groups excluding carboxylic acids is 3. The second-order valence-electron chi connectivity index (χ2n) is 9.60. The van der Waals surface area contributed by atoms with E-state index < -0.39 is 11.9 Å². The van der Waals surface area contributed by atoms with Crippen LogP contribution in [0.5, 0.6) is 0 Å². The Morgan fingerprint density at radius 2 is 1.82 bits per heavy atom. The van der Waals surface area contributed by atoms with Crippen LogP contribution in [0.3, 0.4) is 0 Å². The van der Waals surface area contributed by atoms with E-state index in [1.165, 1.54) is 11.0 Å². The van der Waals surface area contributed by atoms with Crippen LogP contribution < -0.4 is 20.9 Å². The minimum atomic E-state index is -0.519. The van der Waals surface area contributed by atoms with Crippen molar-refractivity contribution in [3.8, 4) is 0 Å². The summed E-state index contributed by atoms with van der Waals surface area (Å²) >= 11 is 5.15. The van der Waals surface area contributed by atoms with E-state index in [1.54, 1.807) is 29.2 Å². The highest BCUT2D eigenvalue weighted by molar-refractivity contribution is 7.80. The average Bonchev–Trinajstić information content (AvgIpc) is 3.34. The van der Waals surface area contributed by atoms with E-state index in [0.29, 0.717) is 74.2 Å². The Labute approximate surface area is 233 Å². The van der Waals surface area contributed by atoms with Crippen LogP contribution in [0.15, 0.2) is 42.5 Å². The van der Waals surface area contributed by atoms with Crippen LogP contribution in [-0.4, -0.2) is 73.0 Å². The highest BCUT2D eigenvalue weighted by Crippen LogP contribution is 2.28. The third-order valence-corrected chi connectivity index (χ3v) is 7.45. The minimum Gasteiger partial charge on any atom is -0.442 e. The molecule has 0 radical (unpaired) electrons. The number of anilines is 2. The first-order valence-electron chi connectivity index (χ1n) is 13.2. The van der Waals surface area contributed by atoms with Gasteiger partial charge in [-0.2, -0.15) is 0 Å². The number of halogens is 1. The Hall–Kier alpha value is -3.57. The van der Waals surface area contributed by atoms with E-state index in [9.17, 15) is 14.4 Å². The topological polar surface area (TPSA) is 108 Å². The predicted molar refractivity (Wildman–Crippen MR) is 152 cm³/mol. The number of rotatable bonds is 10. The monoisotopic (exact) mass is 555 g/mol. The van der Waals surface area contributed by atoms with Gasteiger partial charge in [0.05, 0.1) is 29.5 Å². The summed E-state index contributed by atoms with van der Waals surface area (Å²) in [5.74, 6) is -0.615. The van der Waals surface area contributed by atoms with Gasteiger partial charge >= 0.3 is 6.09 Å². The Morgan fingerprint density at radius 3 is 2.46 bits per heavy atom. The smallest absolute Gasteiger partial charge is 0.414 e. The summed E-state index contributed by atoms with van der Waals surface area (Å²) in [5, 5.41) is 3.06. The molecule has 9 nitrogen and oxygen atoms in total. The standard InChI is InChI=1S/C28H34FN5O4S/c1-2-26(39)31-17-22-18-34(28(37)38-22)21-7-8-24(23(29)15-21)32-11-13-33(14-12-32)27(36)10-9-25(35)20-5-3-19(16-30)4-6-20/h3-8,15,22H,2,9-14,16-18,30H2,1H3,(H,31,39). The van der Waals surface area contributed by atoms with E-state index in [4.69, 9.17) is 22.7 Å². The van der Waals surface area contributed by atoms with E-state index >= 15 is 4.39 Å². The van der Waals surface area contributed by atoms with Crippen molar-refractivity contribution >= 4 is 46.4 Å². The molecule has 0 aromatic heterocycles. The fourth-order valence-corrected chi connectivity index (χ4v) is 4.74. The van der Waals surface area contributed by atoms with Crippen molar-refractivity contribution in [1.29, 1.82) is 0 Å². The molecule has 11 heteroatoms. The number of ketones is 1. The second-order valence-corrected chi connectivity index (χ2v) is 10.1. The molecule has 2 aromatic rings. The van der Waals surface area contributed by atoms with Crippen LogP contribution in [-0.2, 0) is 16.1 Å². The molecule has 39 heavy (non-hydrogen) atoms. The Balaban J connectivity index is 1.26. The highest BCUT2D eigenvalue weighted by atomic mass is 32.1. The fraction of sp³-hybridized carbons (Fsp3) is 0.429. The number of hydrogen-bond acceptors (Lipinski definition) is 7. The molecule has 2 aromatic carbocycles. The quantitative estimate of drug-likeness (QED) is 0.340. The van der Waals surface area contributed by atoms with Crippen molar-refractivity contribution in [3.63, 3.8) is 0 Å². The van der Waals surface area contributed by atoms with Crippen LogP contribution in [0, 0.1) is 5.82 Å². The van der Waals surface area contributed by atoms with Crippen LogP contribution in [0.1, 0.15) is 42.1 Å². The fourth-order valence-electron chi connectivity index (χ4n) is 4.66. The number of benzene rings is 2. The first kappa shape index (κ1) is 28.4. The Bertz CT molecular complexity index is 1220. The largest absolute Gasteiger partial charge is 0.442 e. The van der Waals surface area contributed by atoms with Gasteiger partial charge in [-0.25, -0.2) is 9.18 Å². The molecule has 1 unspecified atom stereocenters. The molecule has 2 saturated heterocycles. The van der Waals surface area contributed by atoms with Crippen molar-refractivity contribution in [1.82, 2.24) is 10.2 Å². The van der Waals surface area contributed by atoms with Crippen LogP contribution in [0.4, 0.5) is 20.6 Å². The highest BCUT2D eigenvalue weighted by Gasteiger charge is 2.33. The van der Waals surface area contributed by atoms with E-state index in [2.05, 4.69) is 5.32 Å². The van der Waals surface area contributed by atoms with Crippen molar-refractivity contribution in [2.24, 2.45) is 5.73 Å². The summed E-state index contributed by atoms with van der Waals surface area (Å²) in [5.41, 5.74) is 7.95. The molecule has 0 aliphatic carbocycles. The molecule has 2 aliphatic rings. The third-order valence-electron chi connectivity index (χ3n) is 7.02. The lowest BCUT2D eigenvalue weighted by atomic mass is 10.0. The summed E-state index contributed by atoms with van der Waals surface area (Å²) < 4.78 is 20.5. The van der Waals surface area contributed by atoms with Crippen LogP contribution in [0.25, 0.3) is 0 Å². The van der Waals surface area contributed by atoms with E-state index in [1.807, 2.05) is 24.0 Å². The lowest BCUT2D eigenvalue weighted by Crippen LogP contribution is -2.49. The van der Waals surface area contributed by atoms with Crippen LogP contribution >= 0.6 is 12.2 Å². The molecular formula is C28H34FN5O4S. The normalized spacial score (nSPS) is 17.3. The molecule has 208 valence electrons. The number of Topliss-reactive ketones (excluding diaryl/α,β-unsaturated/α-hetero) is 1. The van der Waals surface area contributed by atoms with Gasteiger partial charge in [0, 0.05) is 51.1 Å². The van der Waals surface area contributed by atoms with Crippen molar-refractivity contribution < 1.29 is 23.5 Å². The van der Waals surface area contributed by atoms with Crippen molar-refractivity contribution in [2.75, 3.05) is 49.1 Å². The first-order valence-corrected chi connectivity index (χ1v) is 13.6. The van der Waals surface area contributed by atoms with Gasteiger partial charge in [-0.1, -0.05) is 43.4 Å². The molecular weight excluding hydrogens is 521 g/mol. The molecule has 2 amide bonds. The molecule has 4 rings (SSSR count). The molecule has 0 bridgehead atoms. The van der Waals surface area contributed by atoms with E-state index in [-0.39, 0.29) is 30.6 Å². The number of piperazine rings is 1. The zero-order chi connectivity index (χ0) is 27.9. The third kappa shape index (κ3) is 7.10. The Morgan fingerprint density at radius 1 is 1.10 bits per heavy atom. The van der Waals surface area contributed by atoms with Gasteiger partial charge in [0.25, 0.3) is 0 Å². The number of nitrogens with one attached hydrogen (secondary N) is 1. The van der Waals surface area contributed by atoms with E-state index in [0.717, 1.165) is 5.56 Å². The summed E-state index contributed by atoms with van der Waals surface area (Å²) in [6.45, 7) is 4.87. The number of carbonyl (C=O) groups is 3. The molecule has 2 heterocycles. The number of nitrogens with two attached hydrogens (primary N) is 1. The number of thiocarbonyl (C=S) groups is 1. The summed E-state index contributed by atoms with van der Waals surface area (Å²) in [4.78, 5) is 43.2. The SMILES string of the molecule is CCC(=S)NCC1CN(c2ccc(N3CCN(C(=O)CCC(=O)c4ccc(CN)cc4)CC3)c(F)c2)C(=O)O1. The van der Waals surface area contributed by atoms with Crippen molar-refractivity contribution in [2.45, 2.75) is 38.8 Å². The van der Waals surface area contributed by atoms with Gasteiger partial charge in [0.1, 0.15) is 11.9 Å². The first-order chi connectivity index (χ1) is 18.8. The number of cyclic esters (lactones) is 1. The number of amides is 2. The minimum absolute atomic E-state index is 0.0818. The molecule has 0 saturated carbocycles. The maximum atomic E-state index is 15.1. The predicted octanol–water partition coefficient (Wildman–Crippen LogP) is 3.25. The lowest BCUT2D eigenvalue weighted by Gasteiger charge is -2.36. The van der Waals surface area contributed by atoms with Gasteiger partial charge in [-0.05, 0) is 30.2 Å². The van der Waals surface area contributed by atoms with Gasteiger partial charge in [0.15, 0.2) is 5.78 Å². The molecule has 1 atom stereocenters. The average molecular weight is 556 g/mol. The van der Waals surface area contributed by atoms with Gasteiger partial charge in [-0.15, -0.1) is 0 Å². The number of ether oxygens (including phenoxy) is 1. The van der Waals surface area contributed by atoms with Gasteiger partial charge in [0.2, 0.25) is 5.91 Å². The zero-order valence-electron chi connectivity index (χ0n) is 22.0. The molecule has 2 aliphatic heterocycles. The summed E-state index contributed by atoms with van der Waals surface area (Å²) in [6, 6.07) is 11.8. The lowest BCUT2D eigenvalue weighted by molar-refractivity contribution is -0.131. The Kier molecular flexibility index (Phi) is 9.47.